The first-order chi connectivity index (χ1) is 8.13. The Balaban J connectivity index is 2.40. The molecule has 1 aromatic carbocycles. The molecule has 1 rings (SSSR count). The zero-order valence-corrected chi connectivity index (χ0v) is 11.8. The molecule has 1 N–H and O–H groups in total. The molecule has 17 heavy (non-hydrogen) atoms. The number of benzene rings is 1. The highest BCUT2D eigenvalue weighted by atomic mass is 79.9. The molecule has 1 amide bonds. The third kappa shape index (κ3) is 5.33. The molecule has 0 bridgehead atoms. The van der Waals surface area contributed by atoms with Crippen molar-refractivity contribution in [1.29, 1.82) is 0 Å². The minimum Gasteiger partial charge on any atom is -0.372 e. The molecular weight excluding hydrogens is 282 g/mol. The van der Waals surface area contributed by atoms with Crippen LogP contribution in [0.1, 0.15) is 31.9 Å². The monoisotopic (exact) mass is 299 g/mol. The van der Waals surface area contributed by atoms with Gasteiger partial charge in [-0.1, -0.05) is 35.0 Å². The molecule has 3 nitrogen and oxygen atoms in total. The zero-order chi connectivity index (χ0) is 12.7. The maximum Gasteiger partial charge on any atom is 0.246 e. The van der Waals surface area contributed by atoms with Crippen LogP contribution in [-0.4, -0.2) is 19.1 Å². The Morgan fingerprint density at radius 1 is 1.41 bits per heavy atom. The third-order valence-corrected chi connectivity index (χ3v) is 2.86. The molecule has 0 spiro atoms. The van der Waals surface area contributed by atoms with Gasteiger partial charge in [-0.2, -0.15) is 0 Å². The van der Waals surface area contributed by atoms with Crippen LogP contribution < -0.4 is 5.32 Å². The number of hydrogen-bond acceptors (Lipinski definition) is 2. The van der Waals surface area contributed by atoms with Gasteiger partial charge in [-0.25, -0.2) is 0 Å². The van der Waals surface area contributed by atoms with E-state index in [9.17, 15) is 4.79 Å². The van der Waals surface area contributed by atoms with Crippen LogP contribution in [0.15, 0.2) is 28.7 Å². The predicted molar refractivity (Wildman–Crippen MR) is 71.8 cm³/mol. The normalized spacial score (nSPS) is 12.2. The van der Waals surface area contributed by atoms with Crippen molar-refractivity contribution >= 4 is 21.8 Å². The topological polar surface area (TPSA) is 38.3 Å². The first kappa shape index (κ1) is 14.2. The van der Waals surface area contributed by atoms with Crippen LogP contribution in [0.3, 0.4) is 0 Å². The number of carbonyl (C=O) groups is 1. The third-order valence-electron chi connectivity index (χ3n) is 2.33. The lowest BCUT2D eigenvalue weighted by Gasteiger charge is -2.14. The number of ether oxygens (including phenoxy) is 1. The Morgan fingerprint density at radius 3 is 2.65 bits per heavy atom. The van der Waals surface area contributed by atoms with Crippen molar-refractivity contribution in [2.24, 2.45) is 0 Å². The molecule has 0 aliphatic heterocycles. The molecule has 0 radical (unpaired) electrons. The van der Waals surface area contributed by atoms with Gasteiger partial charge in [0, 0.05) is 11.1 Å². The first-order valence-corrected chi connectivity index (χ1v) is 6.55. The number of hydrogen-bond donors (Lipinski definition) is 1. The smallest absolute Gasteiger partial charge is 0.246 e. The molecule has 0 fully saturated rings. The summed E-state index contributed by atoms with van der Waals surface area (Å²) in [6.07, 6.45) is 0.926. The molecule has 1 aromatic rings. The molecular formula is C13H18BrNO2. The predicted octanol–water partition coefficient (Wildman–Crippen LogP) is 3.05. The summed E-state index contributed by atoms with van der Waals surface area (Å²) in [5.74, 6) is -0.0751. The molecule has 1 atom stereocenters. The second kappa shape index (κ2) is 7.45. The van der Waals surface area contributed by atoms with Gasteiger partial charge >= 0.3 is 0 Å². The lowest BCUT2D eigenvalue weighted by molar-refractivity contribution is -0.126. The SMILES string of the molecule is CCCOCC(=O)N[C@@H](C)c1ccc(Br)cc1. The fraction of sp³-hybridized carbons (Fsp3) is 0.462. The van der Waals surface area contributed by atoms with Crippen LogP contribution in [0.2, 0.25) is 0 Å². The van der Waals surface area contributed by atoms with E-state index in [2.05, 4.69) is 21.2 Å². The van der Waals surface area contributed by atoms with E-state index in [1.165, 1.54) is 0 Å². The fourth-order valence-electron chi connectivity index (χ4n) is 1.43. The average Bonchev–Trinajstić information content (AvgIpc) is 2.30. The van der Waals surface area contributed by atoms with Crippen LogP contribution in [0.4, 0.5) is 0 Å². The highest BCUT2D eigenvalue weighted by Crippen LogP contribution is 2.16. The Morgan fingerprint density at radius 2 is 2.06 bits per heavy atom. The van der Waals surface area contributed by atoms with Crippen LogP contribution in [0.5, 0.6) is 0 Å². The summed E-state index contributed by atoms with van der Waals surface area (Å²) in [5, 5.41) is 2.90. The maximum absolute atomic E-state index is 11.5. The summed E-state index contributed by atoms with van der Waals surface area (Å²) >= 11 is 3.38. The van der Waals surface area contributed by atoms with Crippen LogP contribution >= 0.6 is 15.9 Å². The minimum absolute atomic E-state index is 0.000765. The molecule has 0 saturated carbocycles. The Kier molecular flexibility index (Phi) is 6.22. The fourth-order valence-corrected chi connectivity index (χ4v) is 1.69. The number of halogens is 1. The summed E-state index contributed by atoms with van der Waals surface area (Å²) in [4.78, 5) is 11.5. The molecule has 0 heterocycles. The van der Waals surface area contributed by atoms with Crippen molar-refractivity contribution in [3.63, 3.8) is 0 Å². The minimum atomic E-state index is -0.0751. The van der Waals surface area contributed by atoms with Gasteiger partial charge < -0.3 is 10.1 Å². The van der Waals surface area contributed by atoms with Gasteiger partial charge in [0.05, 0.1) is 6.04 Å². The number of nitrogens with one attached hydrogen (secondary N) is 1. The molecule has 0 aliphatic carbocycles. The van der Waals surface area contributed by atoms with Crippen molar-refractivity contribution in [1.82, 2.24) is 5.32 Å². The molecule has 0 aromatic heterocycles. The summed E-state index contributed by atoms with van der Waals surface area (Å²) in [7, 11) is 0. The van der Waals surface area contributed by atoms with Gasteiger partial charge in [0.1, 0.15) is 6.61 Å². The zero-order valence-electron chi connectivity index (χ0n) is 10.2. The Hall–Kier alpha value is -0.870. The maximum atomic E-state index is 11.5. The summed E-state index contributed by atoms with van der Waals surface area (Å²) in [6, 6.07) is 7.90. The van der Waals surface area contributed by atoms with Crippen molar-refractivity contribution in [3.05, 3.63) is 34.3 Å². The molecule has 4 heteroatoms. The Labute approximate surface area is 111 Å². The van der Waals surface area contributed by atoms with Gasteiger partial charge in [-0.15, -0.1) is 0 Å². The van der Waals surface area contributed by atoms with Crippen molar-refractivity contribution in [2.75, 3.05) is 13.2 Å². The summed E-state index contributed by atoms with van der Waals surface area (Å²) in [5.41, 5.74) is 1.08. The lowest BCUT2D eigenvalue weighted by Crippen LogP contribution is -2.30. The lowest BCUT2D eigenvalue weighted by atomic mass is 10.1. The largest absolute Gasteiger partial charge is 0.372 e. The van der Waals surface area contributed by atoms with Crippen molar-refractivity contribution in [3.8, 4) is 0 Å². The Bertz CT molecular complexity index is 351. The second-order valence-electron chi connectivity index (χ2n) is 3.89. The van der Waals surface area contributed by atoms with E-state index in [0.717, 1.165) is 16.5 Å². The van der Waals surface area contributed by atoms with Crippen molar-refractivity contribution < 1.29 is 9.53 Å². The van der Waals surface area contributed by atoms with Crippen LogP contribution in [-0.2, 0) is 9.53 Å². The van der Waals surface area contributed by atoms with Crippen molar-refractivity contribution in [2.45, 2.75) is 26.3 Å². The van der Waals surface area contributed by atoms with E-state index in [1.807, 2.05) is 38.1 Å². The van der Waals surface area contributed by atoms with E-state index >= 15 is 0 Å². The van der Waals surface area contributed by atoms with Crippen LogP contribution in [0, 0.1) is 0 Å². The van der Waals surface area contributed by atoms with E-state index in [4.69, 9.17) is 4.74 Å². The average molecular weight is 300 g/mol. The molecule has 0 unspecified atom stereocenters. The van der Waals surface area contributed by atoms with E-state index in [0.29, 0.717) is 6.61 Å². The number of rotatable bonds is 6. The second-order valence-corrected chi connectivity index (χ2v) is 4.81. The quantitative estimate of drug-likeness (QED) is 0.820. The van der Waals surface area contributed by atoms with Gasteiger partial charge in [-0.05, 0) is 31.0 Å². The molecule has 94 valence electrons. The summed E-state index contributed by atoms with van der Waals surface area (Å²) in [6.45, 7) is 4.73. The highest BCUT2D eigenvalue weighted by Gasteiger charge is 2.09. The standard InChI is InChI=1S/C13H18BrNO2/c1-3-8-17-9-13(16)15-10(2)11-4-6-12(14)7-5-11/h4-7,10H,3,8-9H2,1-2H3,(H,15,16)/t10-/m0/s1. The first-order valence-electron chi connectivity index (χ1n) is 5.76. The molecule has 0 saturated heterocycles. The van der Waals surface area contributed by atoms with Gasteiger partial charge in [-0.3, -0.25) is 4.79 Å². The van der Waals surface area contributed by atoms with E-state index < -0.39 is 0 Å². The molecule has 0 aliphatic rings. The number of carbonyl (C=O) groups excluding carboxylic acids is 1. The highest BCUT2D eigenvalue weighted by molar-refractivity contribution is 9.10. The summed E-state index contributed by atoms with van der Waals surface area (Å²) < 4.78 is 6.21. The van der Waals surface area contributed by atoms with Gasteiger partial charge in [0.15, 0.2) is 0 Å². The van der Waals surface area contributed by atoms with E-state index in [-0.39, 0.29) is 18.6 Å². The number of amides is 1. The van der Waals surface area contributed by atoms with Gasteiger partial charge in [0.2, 0.25) is 5.91 Å². The van der Waals surface area contributed by atoms with Crippen LogP contribution in [0.25, 0.3) is 0 Å². The van der Waals surface area contributed by atoms with Gasteiger partial charge in [0.25, 0.3) is 0 Å². The van der Waals surface area contributed by atoms with E-state index in [1.54, 1.807) is 0 Å².